The van der Waals surface area contributed by atoms with Gasteiger partial charge in [-0.3, -0.25) is 4.79 Å². The molecule has 110 valence electrons. The zero-order valence-electron chi connectivity index (χ0n) is 11.7. The van der Waals surface area contributed by atoms with Crippen LogP contribution in [0.2, 0.25) is 0 Å². The van der Waals surface area contributed by atoms with Crippen molar-refractivity contribution in [2.45, 2.75) is 18.8 Å². The molecule has 0 saturated heterocycles. The fourth-order valence-electron chi connectivity index (χ4n) is 3.00. The second-order valence-electron chi connectivity index (χ2n) is 5.41. The Labute approximate surface area is 126 Å². The smallest absolute Gasteiger partial charge is 0.167 e. The molecule has 0 bridgehead atoms. The van der Waals surface area contributed by atoms with Gasteiger partial charge in [0.25, 0.3) is 0 Å². The Bertz CT molecular complexity index is 836. The summed E-state index contributed by atoms with van der Waals surface area (Å²) in [6.07, 6.45) is 4.12. The average molecular weight is 296 g/mol. The van der Waals surface area contributed by atoms with E-state index in [-0.39, 0.29) is 17.5 Å². The van der Waals surface area contributed by atoms with E-state index in [1.54, 1.807) is 24.5 Å². The standard InChI is InChI=1S/C17H13FN2O2/c18-13-4-1-2-5-14(13)20-15-8-11(17-6-3-7-22-17)9-16(21)12(15)10-19-20/h1-7,10-11H,8-9H2/t11-/m0/s1. The predicted molar refractivity (Wildman–Crippen MR) is 77.6 cm³/mol. The Balaban J connectivity index is 1.80. The van der Waals surface area contributed by atoms with Gasteiger partial charge in [0.15, 0.2) is 5.78 Å². The van der Waals surface area contributed by atoms with Crippen molar-refractivity contribution in [3.05, 3.63) is 71.7 Å². The van der Waals surface area contributed by atoms with Gasteiger partial charge in [-0.25, -0.2) is 9.07 Å². The van der Waals surface area contributed by atoms with Crippen molar-refractivity contribution in [1.29, 1.82) is 0 Å². The quantitative estimate of drug-likeness (QED) is 0.727. The molecule has 0 spiro atoms. The van der Waals surface area contributed by atoms with Gasteiger partial charge in [0, 0.05) is 18.8 Å². The van der Waals surface area contributed by atoms with Crippen molar-refractivity contribution in [2.24, 2.45) is 0 Å². The molecule has 0 N–H and O–H groups in total. The first kappa shape index (κ1) is 13.0. The van der Waals surface area contributed by atoms with Crippen molar-refractivity contribution in [3.63, 3.8) is 0 Å². The van der Waals surface area contributed by atoms with Gasteiger partial charge in [-0.15, -0.1) is 0 Å². The van der Waals surface area contributed by atoms with Crippen LogP contribution in [0.3, 0.4) is 0 Å². The molecule has 0 saturated carbocycles. The van der Waals surface area contributed by atoms with E-state index in [2.05, 4.69) is 5.10 Å². The van der Waals surface area contributed by atoms with Crippen molar-refractivity contribution in [1.82, 2.24) is 9.78 Å². The third-order valence-corrected chi connectivity index (χ3v) is 4.07. The van der Waals surface area contributed by atoms with Gasteiger partial charge in [-0.05, 0) is 24.3 Å². The maximum Gasteiger partial charge on any atom is 0.167 e. The minimum atomic E-state index is -0.360. The fraction of sp³-hybridized carbons (Fsp3) is 0.176. The van der Waals surface area contributed by atoms with Crippen molar-refractivity contribution >= 4 is 5.78 Å². The van der Waals surface area contributed by atoms with Gasteiger partial charge in [-0.1, -0.05) is 12.1 Å². The molecule has 1 aliphatic rings. The first-order valence-electron chi connectivity index (χ1n) is 7.12. The summed E-state index contributed by atoms with van der Waals surface area (Å²) in [6.45, 7) is 0. The van der Waals surface area contributed by atoms with E-state index in [1.807, 2.05) is 12.1 Å². The number of para-hydroxylation sites is 1. The summed E-state index contributed by atoms with van der Waals surface area (Å²) in [7, 11) is 0. The predicted octanol–water partition coefficient (Wildman–Crippen LogP) is 3.52. The van der Waals surface area contributed by atoms with Crippen LogP contribution in [-0.2, 0) is 6.42 Å². The number of ketones is 1. The van der Waals surface area contributed by atoms with Crippen LogP contribution < -0.4 is 0 Å². The fourth-order valence-corrected chi connectivity index (χ4v) is 3.00. The molecule has 0 aliphatic heterocycles. The van der Waals surface area contributed by atoms with Crippen LogP contribution in [0.4, 0.5) is 4.39 Å². The number of rotatable bonds is 2. The summed E-state index contributed by atoms with van der Waals surface area (Å²) in [5, 5.41) is 4.22. The highest BCUT2D eigenvalue weighted by molar-refractivity contribution is 5.98. The summed E-state index contributed by atoms with van der Waals surface area (Å²) >= 11 is 0. The van der Waals surface area contributed by atoms with E-state index in [9.17, 15) is 9.18 Å². The molecule has 2 aromatic heterocycles. The molecule has 3 aromatic rings. The molecule has 1 aromatic carbocycles. The first-order valence-corrected chi connectivity index (χ1v) is 7.12. The highest BCUT2D eigenvalue weighted by atomic mass is 19.1. The number of hydrogen-bond donors (Lipinski definition) is 0. The van der Waals surface area contributed by atoms with E-state index in [0.29, 0.717) is 24.1 Å². The average Bonchev–Trinajstić information content (AvgIpc) is 3.17. The van der Waals surface area contributed by atoms with Gasteiger partial charge in [0.2, 0.25) is 0 Å². The molecule has 0 fully saturated rings. The monoisotopic (exact) mass is 296 g/mol. The first-order chi connectivity index (χ1) is 10.7. The third-order valence-electron chi connectivity index (χ3n) is 4.07. The molecule has 0 unspecified atom stereocenters. The largest absolute Gasteiger partial charge is 0.469 e. The third kappa shape index (κ3) is 1.97. The molecule has 1 aliphatic carbocycles. The number of fused-ring (bicyclic) bond motifs is 1. The lowest BCUT2D eigenvalue weighted by Gasteiger charge is -2.21. The van der Waals surface area contributed by atoms with E-state index in [1.165, 1.54) is 16.9 Å². The molecule has 4 nitrogen and oxygen atoms in total. The van der Waals surface area contributed by atoms with Crippen LogP contribution in [0.15, 0.2) is 53.3 Å². The molecule has 2 heterocycles. The summed E-state index contributed by atoms with van der Waals surface area (Å²) in [6, 6.07) is 10.1. The molecule has 5 heteroatoms. The minimum Gasteiger partial charge on any atom is -0.469 e. The van der Waals surface area contributed by atoms with Gasteiger partial charge < -0.3 is 4.42 Å². The van der Waals surface area contributed by atoms with Crippen LogP contribution in [0.25, 0.3) is 5.69 Å². The van der Waals surface area contributed by atoms with Crippen LogP contribution in [0, 0.1) is 5.82 Å². The summed E-state index contributed by atoms with van der Waals surface area (Å²) in [5.74, 6) is 0.406. The Morgan fingerprint density at radius 1 is 1.18 bits per heavy atom. The molecule has 0 radical (unpaired) electrons. The maximum atomic E-state index is 14.0. The topological polar surface area (TPSA) is 48.0 Å². The van der Waals surface area contributed by atoms with Crippen LogP contribution in [0.1, 0.15) is 34.2 Å². The van der Waals surface area contributed by atoms with Crippen LogP contribution in [-0.4, -0.2) is 15.6 Å². The van der Waals surface area contributed by atoms with Crippen LogP contribution >= 0.6 is 0 Å². The number of furan rings is 1. The zero-order chi connectivity index (χ0) is 15.1. The van der Waals surface area contributed by atoms with Gasteiger partial charge in [0.1, 0.15) is 17.3 Å². The number of carbonyl (C=O) groups excluding carboxylic acids is 1. The Kier molecular flexibility index (Phi) is 2.92. The van der Waals surface area contributed by atoms with E-state index in [0.717, 1.165) is 11.5 Å². The van der Waals surface area contributed by atoms with Gasteiger partial charge in [-0.2, -0.15) is 5.10 Å². The lowest BCUT2D eigenvalue weighted by atomic mass is 9.85. The van der Waals surface area contributed by atoms with Crippen molar-refractivity contribution < 1.29 is 13.6 Å². The second kappa shape index (κ2) is 4.94. The Hall–Kier alpha value is -2.69. The number of aromatic nitrogens is 2. The highest BCUT2D eigenvalue weighted by Crippen LogP contribution is 2.34. The Morgan fingerprint density at radius 2 is 2.05 bits per heavy atom. The zero-order valence-corrected chi connectivity index (χ0v) is 11.7. The molecule has 1 atom stereocenters. The summed E-state index contributed by atoms with van der Waals surface area (Å²) < 4.78 is 21.0. The van der Waals surface area contributed by atoms with Crippen molar-refractivity contribution in [2.75, 3.05) is 0 Å². The number of carbonyl (C=O) groups is 1. The van der Waals surface area contributed by atoms with Gasteiger partial charge in [0.05, 0.1) is 23.7 Å². The molecule has 0 amide bonds. The molecule has 22 heavy (non-hydrogen) atoms. The lowest BCUT2D eigenvalue weighted by molar-refractivity contribution is 0.0959. The molecule has 4 rings (SSSR count). The van der Waals surface area contributed by atoms with Gasteiger partial charge >= 0.3 is 0 Å². The van der Waals surface area contributed by atoms with Crippen molar-refractivity contribution in [3.8, 4) is 5.69 Å². The minimum absolute atomic E-state index is 0.0187. The number of benzene rings is 1. The number of hydrogen-bond acceptors (Lipinski definition) is 3. The van der Waals surface area contributed by atoms with E-state index < -0.39 is 0 Å². The number of Topliss-reactive ketones (excluding diaryl/α,β-unsaturated/α-hetero) is 1. The van der Waals surface area contributed by atoms with Crippen LogP contribution in [0.5, 0.6) is 0 Å². The van der Waals surface area contributed by atoms with E-state index >= 15 is 0 Å². The highest BCUT2D eigenvalue weighted by Gasteiger charge is 2.31. The number of nitrogens with zero attached hydrogens (tertiary/aromatic N) is 2. The summed E-state index contributed by atoms with van der Waals surface area (Å²) in [5.41, 5.74) is 1.67. The lowest BCUT2D eigenvalue weighted by Crippen LogP contribution is -2.20. The maximum absolute atomic E-state index is 14.0. The number of halogens is 1. The van der Waals surface area contributed by atoms with E-state index in [4.69, 9.17) is 4.42 Å². The summed E-state index contributed by atoms with van der Waals surface area (Å²) in [4.78, 5) is 12.3. The molecular weight excluding hydrogens is 283 g/mol. The SMILES string of the molecule is O=C1C[C@@H](c2ccco2)Cc2c1cnn2-c1ccccc1F. The Morgan fingerprint density at radius 3 is 2.82 bits per heavy atom. The normalized spacial score (nSPS) is 17.5. The molecular formula is C17H13FN2O2. The second-order valence-corrected chi connectivity index (χ2v) is 5.41.